The standard InChI is InChI=1S/C24H25Cl2N3/c25-11-14-27-12-4-13-28-29-23-10-8-19(18-5-2-1-3-6-18)15-21(23)16-20-7-9-22(26)17-24(20)29/h1-3,5-10,16-17,27-28H,4,11-15H2. The summed E-state index contributed by atoms with van der Waals surface area (Å²) >= 11 is 12.0. The van der Waals surface area contributed by atoms with Gasteiger partial charge in [0.05, 0.1) is 11.4 Å². The summed E-state index contributed by atoms with van der Waals surface area (Å²) in [6.45, 7) is 2.64. The number of benzene rings is 2. The summed E-state index contributed by atoms with van der Waals surface area (Å²) in [7, 11) is 0. The molecule has 150 valence electrons. The van der Waals surface area contributed by atoms with E-state index in [0.717, 1.165) is 43.2 Å². The number of alkyl halides is 1. The van der Waals surface area contributed by atoms with E-state index in [1.807, 2.05) is 12.1 Å². The number of nitrogens with one attached hydrogen (secondary N) is 2. The first-order valence-corrected chi connectivity index (χ1v) is 10.9. The van der Waals surface area contributed by atoms with Gasteiger partial charge in [0.25, 0.3) is 0 Å². The van der Waals surface area contributed by atoms with Gasteiger partial charge in [-0.05, 0) is 54.0 Å². The molecule has 4 rings (SSSR count). The van der Waals surface area contributed by atoms with Crippen molar-refractivity contribution in [1.29, 1.82) is 0 Å². The van der Waals surface area contributed by atoms with Crippen LogP contribution in [0.4, 0.5) is 5.69 Å². The maximum absolute atomic E-state index is 6.31. The van der Waals surface area contributed by atoms with Crippen molar-refractivity contribution in [3.63, 3.8) is 0 Å². The first-order chi connectivity index (χ1) is 14.3. The molecule has 0 radical (unpaired) electrons. The highest BCUT2D eigenvalue weighted by atomic mass is 35.5. The van der Waals surface area contributed by atoms with E-state index in [2.05, 4.69) is 70.4 Å². The van der Waals surface area contributed by atoms with Gasteiger partial charge in [0, 0.05) is 36.0 Å². The van der Waals surface area contributed by atoms with E-state index < -0.39 is 0 Å². The van der Waals surface area contributed by atoms with Gasteiger partial charge in [-0.25, -0.2) is 5.43 Å². The van der Waals surface area contributed by atoms with Gasteiger partial charge in [0.2, 0.25) is 0 Å². The number of anilines is 1. The van der Waals surface area contributed by atoms with Gasteiger partial charge >= 0.3 is 0 Å². The molecule has 2 aliphatic rings. The fraction of sp³-hybridized carbons (Fsp3) is 0.250. The maximum Gasteiger partial charge on any atom is 0.0665 e. The van der Waals surface area contributed by atoms with Crippen LogP contribution >= 0.6 is 23.2 Å². The Hall–Kier alpha value is -2.04. The molecule has 0 bridgehead atoms. The number of hydrazine groups is 1. The Morgan fingerprint density at radius 2 is 1.79 bits per heavy atom. The molecule has 1 heterocycles. The molecule has 0 unspecified atom stereocenters. The molecule has 3 nitrogen and oxygen atoms in total. The summed E-state index contributed by atoms with van der Waals surface area (Å²) < 4.78 is 0. The first-order valence-electron chi connectivity index (χ1n) is 10.0. The lowest BCUT2D eigenvalue weighted by Gasteiger charge is -2.36. The highest BCUT2D eigenvalue weighted by Crippen LogP contribution is 2.41. The molecule has 1 aliphatic carbocycles. The maximum atomic E-state index is 6.31. The van der Waals surface area contributed by atoms with Crippen molar-refractivity contribution in [2.45, 2.75) is 12.8 Å². The molecule has 0 saturated carbocycles. The molecule has 0 aromatic heterocycles. The largest absolute Gasteiger partial charge is 0.315 e. The predicted octanol–water partition coefficient (Wildman–Crippen LogP) is 5.64. The molecule has 0 atom stereocenters. The Bertz CT molecular complexity index is 948. The summed E-state index contributed by atoms with van der Waals surface area (Å²) in [4.78, 5) is 0. The zero-order valence-corrected chi connectivity index (χ0v) is 17.8. The molecule has 2 aromatic rings. The van der Waals surface area contributed by atoms with Crippen molar-refractivity contribution < 1.29 is 0 Å². The third kappa shape index (κ3) is 4.76. The zero-order chi connectivity index (χ0) is 20.1. The summed E-state index contributed by atoms with van der Waals surface area (Å²) in [6.07, 6.45) is 8.65. The quantitative estimate of drug-likeness (QED) is 0.423. The number of allylic oxidation sites excluding steroid dienone is 4. The van der Waals surface area contributed by atoms with Gasteiger partial charge in [-0.15, -0.1) is 11.6 Å². The lowest BCUT2D eigenvalue weighted by atomic mass is 9.88. The van der Waals surface area contributed by atoms with E-state index in [1.165, 1.54) is 28.0 Å². The normalized spacial score (nSPS) is 15.2. The van der Waals surface area contributed by atoms with Gasteiger partial charge in [0.1, 0.15) is 0 Å². The van der Waals surface area contributed by atoms with Crippen LogP contribution in [-0.2, 0) is 0 Å². The van der Waals surface area contributed by atoms with E-state index in [4.69, 9.17) is 23.2 Å². The average molecular weight is 426 g/mol. The summed E-state index contributed by atoms with van der Waals surface area (Å²) in [5, 5.41) is 6.27. The van der Waals surface area contributed by atoms with E-state index in [-0.39, 0.29) is 0 Å². The fourth-order valence-electron chi connectivity index (χ4n) is 3.75. The van der Waals surface area contributed by atoms with Crippen LogP contribution in [0.15, 0.2) is 72.0 Å². The number of fused-ring (bicyclic) bond motifs is 2. The minimum atomic E-state index is 0.641. The number of hydrogen-bond acceptors (Lipinski definition) is 3. The second kappa shape index (κ2) is 9.64. The van der Waals surface area contributed by atoms with Crippen LogP contribution in [0.3, 0.4) is 0 Å². The Balaban J connectivity index is 1.58. The van der Waals surface area contributed by atoms with Crippen molar-refractivity contribution in [1.82, 2.24) is 10.7 Å². The molecular formula is C24H25Cl2N3. The molecule has 29 heavy (non-hydrogen) atoms. The fourth-order valence-corrected chi connectivity index (χ4v) is 4.05. The lowest BCUT2D eigenvalue weighted by molar-refractivity contribution is 0.602. The highest BCUT2D eigenvalue weighted by Gasteiger charge is 2.26. The minimum Gasteiger partial charge on any atom is -0.315 e. The van der Waals surface area contributed by atoms with E-state index >= 15 is 0 Å². The van der Waals surface area contributed by atoms with Crippen molar-refractivity contribution in [2.75, 3.05) is 30.5 Å². The summed E-state index contributed by atoms with van der Waals surface area (Å²) in [5.74, 6) is 0.641. The SMILES string of the molecule is ClCCNCCCNN1C2=CC=C(c3ccccc3)CC2=Cc2ccc(Cl)cc21. The Kier molecular flexibility index (Phi) is 6.73. The number of nitrogens with zero attached hydrogens (tertiary/aromatic N) is 1. The third-order valence-electron chi connectivity index (χ3n) is 5.17. The smallest absolute Gasteiger partial charge is 0.0665 e. The molecule has 2 aromatic carbocycles. The zero-order valence-electron chi connectivity index (χ0n) is 16.3. The molecule has 0 saturated heterocycles. The molecule has 1 aliphatic heterocycles. The van der Waals surface area contributed by atoms with Crippen molar-refractivity contribution in [3.05, 3.63) is 88.1 Å². The molecule has 5 heteroatoms. The topological polar surface area (TPSA) is 27.3 Å². The molecule has 0 amide bonds. The second-order valence-electron chi connectivity index (χ2n) is 7.20. The van der Waals surface area contributed by atoms with Crippen LogP contribution in [0, 0.1) is 0 Å². The van der Waals surface area contributed by atoms with Gasteiger partial charge in [-0.2, -0.15) is 0 Å². The van der Waals surface area contributed by atoms with Gasteiger partial charge < -0.3 is 5.32 Å². The van der Waals surface area contributed by atoms with Crippen LogP contribution in [0.5, 0.6) is 0 Å². The van der Waals surface area contributed by atoms with Crippen molar-refractivity contribution in [3.8, 4) is 0 Å². The molecule has 2 N–H and O–H groups in total. The highest BCUT2D eigenvalue weighted by molar-refractivity contribution is 6.31. The molecular weight excluding hydrogens is 401 g/mol. The van der Waals surface area contributed by atoms with Gasteiger partial charge in [-0.3, -0.25) is 5.01 Å². The van der Waals surface area contributed by atoms with E-state index in [0.29, 0.717) is 5.88 Å². The monoisotopic (exact) mass is 425 g/mol. The summed E-state index contributed by atoms with van der Waals surface area (Å²) in [5.41, 5.74) is 11.0. The molecule has 0 fully saturated rings. The van der Waals surface area contributed by atoms with E-state index in [9.17, 15) is 0 Å². The Morgan fingerprint density at radius 3 is 2.62 bits per heavy atom. The first kappa shape index (κ1) is 20.2. The van der Waals surface area contributed by atoms with Crippen LogP contribution in [0.25, 0.3) is 11.6 Å². The summed E-state index contributed by atoms with van der Waals surface area (Å²) in [6, 6.07) is 16.7. The minimum absolute atomic E-state index is 0.641. The Labute approximate surface area is 182 Å². The van der Waals surface area contributed by atoms with Crippen molar-refractivity contribution >= 4 is 40.5 Å². The van der Waals surface area contributed by atoms with Crippen LogP contribution in [0.2, 0.25) is 5.02 Å². The number of hydrogen-bond donors (Lipinski definition) is 2. The lowest BCUT2D eigenvalue weighted by Crippen LogP contribution is -2.41. The predicted molar refractivity (Wildman–Crippen MR) is 125 cm³/mol. The second-order valence-corrected chi connectivity index (χ2v) is 8.01. The average Bonchev–Trinajstić information content (AvgIpc) is 2.76. The van der Waals surface area contributed by atoms with Gasteiger partial charge in [-0.1, -0.05) is 54.1 Å². The molecule has 0 spiro atoms. The third-order valence-corrected chi connectivity index (χ3v) is 5.60. The number of halogens is 2. The van der Waals surface area contributed by atoms with Crippen LogP contribution in [-0.4, -0.2) is 25.5 Å². The number of rotatable bonds is 8. The van der Waals surface area contributed by atoms with Crippen molar-refractivity contribution in [2.24, 2.45) is 0 Å². The van der Waals surface area contributed by atoms with Crippen LogP contribution in [0.1, 0.15) is 24.0 Å². The van der Waals surface area contributed by atoms with Gasteiger partial charge in [0.15, 0.2) is 0 Å². The van der Waals surface area contributed by atoms with E-state index in [1.54, 1.807) is 0 Å². The van der Waals surface area contributed by atoms with Crippen LogP contribution < -0.4 is 15.8 Å². The Morgan fingerprint density at radius 1 is 0.931 bits per heavy atom.